The van der Waals surface area contributed by atoms with Crippen LogP contribution in [0.25, 0.3) is 0 Å². The topological polar surface area (TPSA) is 63.7 Å². The first-order valence-corrected chi connectivity index (χ1v) is 8.62. The van der Waals surface area contributed by atoms with Crippen LogP contribution in [0.1, 0.15) is 12.8 Å². The molecule has 0 unspecified atom stereocenters. The van der Waals surface area contributed by atoms with Crippen LogP contribution in [0.2, 0.25) is 5.02 Å². The van der Waals surface area contributed by atoms with Crippen molar-refractivity contribution >= 4 is 27.4 Å². The van der Waals surface area contributed by atoms with Crippen LogP contribution in [0.5, 0.6) is 0 Å². The second kappa shape index (κ2) is 8.36. The maximum atomic E-state index is 12.1. The molecule has 0 saturated heterocycles. The van der Waals surface area contributed by atoms with Gasteiger partial charge in [-0.1, -0.05) is 11.6 Å². The van der Waals surface area contributed by atoms with E-state index < -0.39 is 9.84 Å². The van der Waals surface area contributed by atoms with Gasteiger partial charge in [0, 0.05) is 18.0 Å². The lowest BCUT2D eigenvalue weighted by atomic mass is 10.3. The molecule has 0 heterocycles. The molecule has 0 atom stereocenters. The lowest BCUT2D eigenvalue weighted by Crippen LogP contribution is -2.27. The molecule has 1 aromatic carbocycles. The Morgan fingerprint density at radius 1 is 1.24 bits per heavy atom. The maximum absolute atomic E-state index is 12.1. The third kappa shape index (κ3) is 6.46. The second-order valence-electron chi connectivity index (χ2n) is 4.76. The minimum atomic E-state index is -3.31. The molecule has 0 aromatic heterocycles. The number of methoxy groups -OCH3 is 1. The van der Waals surface area contributed by atoms with Gasteiger partial charge in [0.1, 0.15) is 0 Å². The fourth-order valence-corrected chi connectivity index (χ4v) is 3.21. The van der Waals surface area contributed by atoms with E-state index in [2.05, 4.69) is 4.74 Å². The van der Waals surface area contributed by atoms with Gasteiger partial charge in [0.25, 0.3) is 0 Å². The summed E-state index contributed by atoms with van der Waals surface area (Å²) in [6, 6.07) is 6.15. The van der Waals surface area contributed by atoms with E-state index in [0.29, 0.717) is 31.0 Å². The molecular weight excluding hydrogens is 314 g/mol. The van der Waals surface area contributed by atoms with Crippen LogP contribution in [0.4, 0.5) is 0 Å². The molecule has 0 aliphatic heterocycles. The zero-order valence-electron chi connectivity index (χ0n) is 12.2. The number of carbonyl (C=O) groups is 1. The van der Waals surface area contributed by atoms with Crippen molar-refractivity contribution in [3.63, 3.8) is 0 Å². The highest BCUT2D eigenvalue weighted by Crippen LogP contribution is 2.15. The number of hydrogen-bond donors (Lipinski definition) is 0. The van der Waals surface area contributed by atoms with Crippen molar-refractivity contribution in [3.05, 3.63) is 29.3 Å². The molecule has 7 heteroatoms. The Balaban J connectivity index is 2.42. The van der Waals surface area contributed by atoms with Crippen LogP contribution in [-0.4, -0.2) is 52.3 Å². The number of ether oxygens (including phenoxy) is 1. The lowest BCUT2D eigenvalue weighted by molar-refractivity contribution is -0.140. The zero-order valence-corrected chi connectivity index (χ0v) is 13.8. The monoisotopic (exact) mass is 333 g/mol. The molecule has 0 aliphatic rings. The number of rotatable bonds is 8. The number of hydrogen-bond acceptors (Lipinski definition) is 5. The van der Waals surface area contributed by atoms with E-state index in [1.54, 1.807) is 12.1 Å². The SMILES string of the molecule is COC(=O)CCCN(C)CCS(=O)(=O)c1ccc(Cl)cc1. The number of nitrogens with zero attached hydrogens (tertiary/aromatic N) is 1. The van der Waals surface area contributed by atoms with Crippen molar-refractivity contribution < 1.29 is 17.9 Å². The molecule has 0 N–H and O–H groups in total. The van der Waals surface area contributed by atoms with Gasteiger partial charge in [-0.2, -0.15) is 0 Å². The molecule has 0 bridgehead atoms. The molecule has 5 nitrogen and oxygen atoms in total. The number of carbonyl (C=O) groups excluding carboxylic acids is 1. The Bertz CT molecular complexity index is 557. The third-order valence-electron chi connectivity index (χ3n) is 3.06. The fraction of sp³-hybridized carbons (Fsp3) is 0.500. The van der Waals surface area contributed by atoms with Crippen molar-refractivity contribution in [2.24, 2.45) is 0 Å². The smallest absolute Gasteiger partial charge is 0.305 e. The Kier molecular flexibility index (Phi) is 7.14. The molecule has 118 valence electrons. The Labute approximate surface area is 130 Å². The number of halogens is 1. The van der Waals surface area contributed by atoms with Gasteiger partial charge < -0.3 is 9.64 Å². The Morgan fingerprint density at radius 2 is 1.86 bits per heavy atom. The highest BCUT2D eigenvalue weighted by molar-refractivity contribution is 7.91. The molecule has 0 aliphatic carbocycles. The average Bonchev–Trinajstić information content (AvgIpc) is 2.45. The molecule has 0 amide bonds. The van der Waals surface area contributed by atoms with Crippen molar-refractivity contribution in [2.45, 2.75) is 17.7 Å². The molecule has 1 rings (SSSR count). The van der Waals surface area contributed by atoms with Crippen LogP contribution >= 0.6 is 11.6 Å². The molecule has 0 saturated carbocycles. The summed E-state index contributed by atoms with van der Waals surface area (Å²) in [5, 5.41) is 0.508. The second-order valence-corrected chi connectivity index (χ2v) is 7.30. The van der Waals surface area contributed by atoms with Crippen LogP contribution in [0, 0.1) is 0 Å². The van der Waals surface area contributed by atoms with E-state index >= 15 is 0 Å². The Hall–Kier alpha value is -1.11. The largest absolute Gasteiger partial charge is 0.469 e. The lowest BCUT2D eigenvalue weighted by Gasteiger charge is -2.16. The summed E-state index contributed by atoms with van der Waals surface area (Å²) >= 11 is 5.74. The highest BCUT2D eigenvalue weighted by atomic mass is 35.5. The average molecular weight is 334 g/mol. The standard InChI is InChI=1S/C14H20ClNO4S/c1-16(9-3-4-14(17)20-2)10-11-21(18,19)13-7-5-12(15)6-8-13/h5-8H,3-4,9-11H2,1-2H3. The van der Waals surface area contributed by atoms with E-state index in [4.69, 9.17) is 11.6 Å². The Morgan fingerprint density at radius 3 is 2.43 bits per heavy atom. The summed E-state index contributed by atoms with van der Waals surface area (Å²) in [5.41, 5.74) is 0. The summed E-state index contributed by atoms with van der Waals surface area (Å²) in [6.45, 7) is 1.05. The minimum absolute atomic E-state index is 0.0311. The summed E-state index contributed by atoms with van der Waals surface area (Å²) in [7, 11) is -0.130. The van der Waals surface area contributed by atoms with E-state index in [9.17, 15) is 13.2 Å². The van der Waals surface area contributed by atoms with Crippen LogP contribution in [0.15, 0.2) is 29.2 Å². The fourth-order valence-electron chi connectivity index (χ4n) is 1.74. The van der Waals surface area contributed by atoms with Crippen LogP contribution in [-0.2, 0) is 19.4 Å². The van der Waals surface area contributed by atoms with Gasteiger partial charge in [-0.05, 0) is 44.3 Å². The van der Waals surface area contributed by atoms with Crippen molar-refractivity contribution in [1.29, 1.82) is 0 Å². The first kappa shape index (κ1) is 17.9. The summed E-state index contributed by atoms with van der Waals surface area (Å²) in [4.78, 5) is 13.1. The third-order valence-corrected chi connectivity index (χ3v) is 5.03. The van der Waals surface area contributed by atoms with Crippen LogP contribution in [0.3, 0.4) is 0 Å². The van der Waals surface area contributed by atoms with Gasteiger partial charge in [0.2, 0.25) is 0 Å². The first-order valence-electron chi connectivity index (χ1n) is 6.59. The van der Waals surface area contributed by atoms with Crippen molar-refractivity contribution in [1.82, 2.24) is 4.90 Å². The summed E-state index contributed by atoms with van der Waals surface area (Å²) in [5.74, 6) is -0.221. The van der Waals surface area contributed by atoms with Gasteiger partial charge in [0.15, 0.2) is 9.84 Å². The molecule has 0 spiro atoms. The van der Waals surface area contributed by atoms with Gasteiger partial charge in [-0.25, -0.2) is 8.42 Å². The molecule has 21 heavy (non-hydrogen) atoms. The number of esters is 1. The number of sulfone groups is 1. The van der Waals surface area contributed by atoms with Gasteiger partial charge in [-0.3, -0.25) is 4.79 Å². The zero-order chi connectivity index (χ0) is 15.9. The van der Waals surface area contributed by atoms with Crippen molar-refractivity contribution in [2.75, 3.05) is 33.0 Å². The molecule has 1 aromatic rings. The normalized spacial score (nSPS) is 11.6. The first-order chi connectivity index (χ1) is 9.85. The van der Waals surface area contributed by atoms with Gasteiger partial charge in [0.05, 0.1) is 17.8 Å². The highest BCUT2D eigenvalue weighted by Gasteiger charge is 2.15. The molecule has 0 fully saturated rings. The summed E-state index contributed by atoms with van der Waals surface area (Å²) in [6.07, 6.45) is 0.981. The molecular formula is C14H20ClNO4S. The minimum Gasteiger partial charge on any atom is -0.469 e. The molecule has 0 radical (unpaired) electrons. The van der Waals surface area contributed by atoms with E-state index in [-0.39, 0.29) is 16.6 Å². The quantitative estimate of drug-likeness (QED) is 0.681. The van der Waals surface area contributed by atoms with E-state index in [1.165, 1.54) is 19.2 Å². The maximum Gasteiger partial charge on any atom is 0.305 e. The van der Waals surface area contributed by atoms with Crippen LogP contribution < -0.4 is 0 Å². The number of benzene rings is 1. The predicted molar refractivity (Wildman–Crippen MR) is 82.3 cm³/mol. The summed E-state index contributed by atoms with van der Waals surface area (Å²) < 4.78 is 28.8. The predicted octanol–water partition coefficient (Wildman–Crippen LogP) is 2.00. The van der Waals surface area contributed by atoms with Gasteiger partial charge >= 0.3 is 5.97 Å². The van der Waals surface area contributed by atoms with E-state index in [1.807, 2.05) is 11.9 Å². The van der Waals surface area contributed by atoms with E-state index in [0.717, 1.165) is 0 Å². The van der Waals surface area contributed by atoms with Gasteiger partial charge in [-0.15, -0.1) is 0 Å². The van der Waals surface area contributed by atoms with Crippen molar-refractivity contribution in [3.8, 4) is 0 Å².